The van der Waals surface area contributed by atoms with Crippen molar-refractivity contribution in [2.24, 2.45) is 0 Å². The molecule has 3 aromatic carbocycles. The Hall–Kier alpha value is -2.78. The van der Waals surface area contributed by atoms with Gasteiger partial charge in [-0.15, -0.1) is 0 Å². The van der Waals surface area contributed by atoms with Gasteiger partial charge in [0.15, 0.2) is 0 Å². The number of benzene rings is 3. The van der Waals surface area contributed by atoms with E-state index in [-0.39, 0.29) is 11.9 Å². The maximum absolute atomic E-state index is 12.8. The van der Waals surface area contributed by atoms with Crippen LogP contribution in [0.3, 0.4) is 0 Å². The summed E-state index contributed by atoms with van der Waals surface area (Å²) in [7, 11) is 1.55. The molecule has 4 heteroatoms. The molecule has 0 saturated carbocycles. The monoisotopic (exact) mass is 365 g/mol. The minimum absolute atomic E-state index is 0.191. The number of methoxy groups -OCH3 is 1. The molecule has 0 spiro atoms. The van der Waals surface area contributed by atoms with E-state index < -0.39 is 0 Å². The van der Waals surface area contributed by atoms with Crippen molar-refractivity contribution < 1.29 is 9.53 Å². The maximum Gasteiger partial charge on any atom is 0.252 e. The Balaban J connectivity index is 1.91. The van der Waals surface area contributed by atoms with Crippen molar-refractivity contribution in [1.82, 2.24) is 5.32 Å². The number of carbonyl (C=O) groups is 1. The molecule has 132 valence electrons. The van der Waals surface area contributed by atoms with Crippen LogP contribution in [-0.4, -0.2) is 13.0 Å². The van der Waals surface area contributed by atoms with Gasteiger partial charge in [0.05, 0.1) is 18.2 Å². The normalized spacial score (nSPS) is 11.7. The van der Waals surface area contributed by atoms with Crippen LogP contribution < -0.4 is 10.1 Å². The minimum atomic E-state index is -0.245. The zero-order valence-electron chi connectivity index (χ0n) is 14.7. The van der Waals surface area contributed by atoms with Crippen LogP contribution in [-0.2, 0) is 0 Å². The van der Waals surface area contributed by atoms with Crippen LogP contribution in [0, 0.1) is 6.92 Å². The summed E-state index contributed by atoms with van der Waals surface area (Å²) in [4.78, 5) is 12.8. The molecule has 0 saturated heterocycles. The Morgan fingerprint density at radius 1 is 0.962 bits per heavy atom. The zero-order valence-corrected chi connectivity index (χ0v) is 15.5. The van der Waals surface area contributed by atoms with Crippen LogP contribution in [0.1, 0.15) is 33.1 Å². The summed E-state index contributed by atoms with van der Waals surface area (Å²) in [6.07, 6.45) is 0. The van der Waals surface area contributed by atoms with E-state index in [1.54, 1.807) is 25.3 Å². The molecule has 1 N–H and O–H groups in total. The molecule has 26 heavy (non-hydrogen) atoms. The van der Waals surface area contributed by atoms with E-state index in [1.165, 1.54) is 5.56 Å². The second-order valence-corrected chi connectivity index (χ2v) is 6.48. The SMILES string of the molecule is COc1ccc(C(=O)N[C@H](c2ccccc2)c2ccc(C)cc2)cc1Cl. The van der Waals surface area contributed by atoms with Crippen LogP contribution >= 0.6 is 11.6 Å². The number of nitrogens with one attached hydrogen (secondary N) is 1. The molecule has 0 bridgehead atoms. The first kappa shape index (κ1) is 18.0. The highest BCUT2D eigenvalue weighted by atomic mass is 35.5. The highest BCUT2D eigenvalue weighted by Gasteiger charge is 2.18. The molecule has 0 unspecified atom stereocenters. The van der Waals surface area contributed by atoms with E-state index in [2.05, 4.69) is 5.32 Å². The van der Waals surface area contributed by atoms with Gasteiger partial charge < -0.3 is 10.1 Å². The predicted molar refractivity (Wildman–Crippen MR) is 105 cm³/mol. The molecular weight excluding hydrogens is 346 g/mol. The predicted octanol–water partition coefficient (Wildman–Crippen LogP) is 5.18. The van der Waals surface area contributed by atoms with Crippen molar-refractivity contribution in [3.05, 3.63) is 100 Å². The summed E-state index contributed by atoms with van der Waals surface area (Å²) in [6, 6.07) is 22.8. The number of aryl methyl sites for hydroxylation is 1. The Morgan fingerprint density at radius 3 is 2.23 bits per heavy atom. The molecular formula is C22H20ClNO2. The van der Waals surface area contributed by atoms with E-state index in [0.29, 0.717) is 16.3 Å². The minimum Gasteiger partial charge on any atom is -0.495 e. The molecule has 0 aliphatic rings. The summed E-state index contributed by atoms with van der Waals surface area (Å²) >= 11 is 6.16. The molecule has 3 rings (SSSR count). The second kappa shape index (κ2) is 8.07. The molecule has 0 aromatic heterocycles. The average molecular weight is 366 g/mol. The topological polar surface area (TPSA) is 38.3 Å². The lowest BCUT2D eigenvalue weighted by molar-refractivity contribution is 0.0943. The molecule has 1 atom stereocenters. The van der Waals surface area contributed by atoms with Crippen LogP contribution in [0.15, 0.2) is 72.8 Å². The molecule has 0 aliphatic carbocycles. The summed E-state index contributed by atoms with van der Waals surface area (Å²) in [5.41, 5.74) is 3.71. The quantitative estimate of drug-likeness (QED) is 0.676. The lowest BCUT2D eigenvalue weighted by Gasteiger charge is -2.20. The van der Waals surface area contributed by atoms with Crippen molar-refractivity contribution in [3.63, 3.8) is 0 Å². The zero-order chi connectivity index (χ0) is 18.5. The Labute approximate surface area is 158 Å². The highest BCUT2D eigenvalue weighted by Crippen LogP contribution is 2.26. The van der Waals surface area contributed by atoms with Crippen molar-refractivity contribution in [2.45, 2.75) is 13.0 Å². The van der Waals surface area contributed by atoms with Gasteiger partial charge in [-0.1, -0.05) is 71.8 Å². The first-order valence-corrected chi connectivity index (χ1v) is 8.72. The van der Waals surface area contributed by atoms with E-state index in [1.807, 2.05) is 61.5 Å². The van der Waals surface area contributed by atoms with Gasteiger partial charge in [-0.05, 0) is 36.2 Å². The Bertz CT molecular complexity index is 892. The van der Waals surface area contributed by atoms with Gasteiger partial charge in [0, 0.05) is 5.56 Å². The van der Waals surface area contributed by atoms with Gasteiger partial charge in [-0.3, -0.25) is 4.79 Å². The van der Waals surface area contributed by atoms with E-state index in [0.717, 1.165) is 11.1 Å². The molecule has 0 radical (unpaired) electrons. The number of amides is 1. The lowest BCUT2D eigenvalue weighted by atomic mass is 9.97. The van der Waals surface area contributed by atoms with E-state index >= 15 is 0 Å². The first-order valence-electron chi connectivity index (χ1n) is 8.34. The van der Waals surface area contributed by atoms with E-state index in [9.17, 15) is 4.79 Å². The number of halogens is 1. The van der Waals surface area contributed by atoms with E-state index in [4.69, 9.17) is 16.3 Å². The smallest absolute Gasteiger partial charge is 0.252 e. The van der Waals surface area contributed by atoms with Gasteiger partial charge >= 0.3 is 0 Å². The number of hydrogen-bond acceptors (Lipinski definition) is 2. The highest BCUT2D eigenvalue weighted by molar-refractivity contribution is 6.32. The van der Waals surface area contributed by atoms with Gasteiger partial charge in [-0.25, -0.2) is 0 Å². The average Bonchev–Trinajstić information content (AvgIpc) is 2.67. The fourth-order valence-corrected chi connectivity index (χ4v) is 3.04. The van der Waals surface area contributed by atoms with Gasteiger partial charge in [0.25, 0.3) is 5.91 Å². The second-order valence-electron chi connectivity index (χ2n) is 6.08. The molecule has 0 fully saturated rings. The molecule has 3 nitrogen and oxygen atoms in total. The van der Waals surface area contributed by atoms with Crippen molar-refractivity contribution in [2.75, 3.05) is 7.11 Å². The molecule has 0 aliphatic heterocycles. The summed E-state index contributed by atoms with van der Waals surface area (Å²) in [6.45, 7) is 2.04. The number of rotatable bonds is 5. The van der Waals surface area contributed by atoms with Crippen LogP contribution in [0.5, 0.6) is 5.75 Å². The molecule has 0 heterocycles. The third kappa shape index (κ3) is 4.06. The fraction of sp³-hybridized carbons (Fsp3) is 0.136. The Kier molecular flexibility index (Phi) is 5.59. The largest absolute Gasteiger partial charge is 0.495 e. The van der Waals surface area contributed by atoms with Crippen LogP contribution in [0.4, 0.5) is 0 Å². The maximum atomic E-state index is 12.8. The standard InChI is InChI=1S/C22H20ClNO2/c1-15-8-10-17(11-9-15)21(16-6-4-3-5-7-16)24-22(25)18-12-13-20(26-2)19(23)14-18/h3-14,21H,1-2H3,(H,24,25)/t21-/m1/s1. The summed E-state index contributed by atoms with van der Waals surface area (Å²) in [5, 5.41) is 3.52. The summed E-state index contributed by atoms with van der Waals surface area (Å²) in [5.74, 6) is 0.352. The van der Waals surface area contributed by atoms with Crippen molar-refractivity contribution >= 4 is 17.5 Å². The Morgan fingerprint density at radius 2 is 1.62 bits per heavy atom. The number of ether oxygens (including phenoxy) is 1. The third-order valence-corrected chi connectivity index (χ3v) is 4.53. The lowest BCUT2D eigenvalue weighted by Crippen LogP contribution is -2.29. The number of hydrogen-bond donors (Lipinski definition) is 1. The van der Waals surface area contributed by atoms with Gasteiger partial charge in [0.1, 0.15) is 5.75 Å². The van der Waals surface area contributed by atoms with Gasteiger partial charge in [-0.2, -0.15) is 0 Å². The molecule has 1 amide bonds. The van der Waals surface area contributed by atoms with Gasteiger partial charge in [0.2, 0.25) is 0 Å². The number of carbonyl (C=O) groups excluding carboxylic acids is 1. The van der Waals surface area contributed by atoms with Crippen LogP contribution in [0.2, 0.25) is 5.02 Å². The first-order chi connectivity index (χ1) is 12.6. The van der Waals surface area contributed by atoms with Crippen molar-refractivity contribution in [1.29, 1.82) is 0 Å². The third-order valence-electron chi connectivity index (χ3n) is 4.23. The summed E-state index contributed by atoms with van der Waals surface area (Å²) < 4.78 is 5.15. The fourth-order valence-electron chi connectivity index (χ4n) is 2.79. The molecule has 3 aromatic rings. The van der Waals surface area contributed by atoms with Crippen molar-refractivity contribution in [3.8, 4) is 5.75 Å². The van der Waals surface area contributed by atoms with Crippen LogP contribution in [0.25, 0.3) is 0 Å².